The SMILES string of the molecule is CCCCn1ncc(NC(=O)N2CCC(CN3CCCCC3)C2)c1C. The lowest BCUT2D eigenvalue weighted by atomic mass is 10.1. The van der Waals surface area contributed by atoms with Crippen molar-refractivity contribution in [3.05, 3.63) is 11.9 Å². The number of carbonyl (C=O) groups is 1. The van der Waals surface area contributed by atoms with Crippen molar-refractivity contribution in [2.75, 3.05) is 38.0 Å². The number of nitrogens with zero attached hydrogens (tertiary/aromatic N) is 4. The quantitative estimate of drug-likeness (QED) is 0.859. The first-order valence-corrected chi connectivity index (χ1v) is 9.98. The van der Waals surface area contributed by atoms with Gasteiger partial charge in [0.1, 0.15) is 0 Å². The zero-order chi connectivity index (χ0) is 17.6. The van der Waals surface area contributed by atoms with Gasteiger partial charge in [0.2, 0.25) is 0 Å². The Labute approximate surface area is 151 Å². The Balaban J connectivity index is 1.48. The molecule has 3 rings (SSSR count). The zero-order valence-electron chi connectivity index (χ0n) is 15.8. The van der Waals surface area contributed by atoms with E-state index in [1.54, 1.807) is 6.20 Å². The van der Waals surface area contributed by atoms with E-state index in [-0.39, 0.29) is 6.03 Å². The summed E-state index contributed by atoms with van der Waals surface area (Å²) in [6.07, 6.45) is 9.20. The van der Waals surface area contributed by atoms with E-state index in [0.717, 1.165) is 56.8 Å². The number of urea groups is 1. The predicted molar refractivity (Wildman–Crippen MR) is 101 cm³/mol. The van der Waals surface area contributed by atoms with Crippen LogP contribution >= 0.6 is 0 Å². The van der Waals surface area contributed by atoms with Crippen LogP contribution in [0.4, 0.5) is 10.5 Å². The minimum atomic E-state index is 0.0271. The summed E-state index contributed by atoms with van der Waals surface area (Å²) >= 11 is 0. The van der Waals surface area contributed by atoms with Gasteiger partial charge in [-0.05, 0) is 51.6 Å². The summed E-state index contributed by atoms with van der Waals surface area (Å²) in [6, 6.07) is 0.0271. The molecule has 1 aromatic heterocycles. The molecule has 140 valence electrons. The van der Waals surface area contributed by atoms with E-state index in [1.807, 2.05) is 16.5 Å². The third-order valence-electron chi connectivity index (χ3n) is 5.61. The lowest BCUT2D eigenvalue weighted by Gasteiger charge is -2.29. The summed E-state index contributed by atoms with van der Waals surface area (Å²) in [5, 5.41) is 7.47. The summed E-state index contributed by atoms with van der Waals surface area (Å²) in [4.78, 5) is 17.1. The van der Waals surface area contributed by atoms with Gasteiger partial charge >= 0.3 is 6.03 Å². The highest BCUT2D eigenvalue weighted by Crippen LogP contribution is 2.21. The van der Waals surface area contributed by atoms with Crippen molar-refractivity contribution in [3.8, 4) is 0 Å². The van der Waals surface area contributed by atoms with Gasteiger partial charge in [-0.3, -0.25) is 4.68 Å². The van der Waals surface area contributed by atoms with Crippen LogP contribution in [0, 0.1) is 12.8 Å². The highest BCUT2D eigenvalue weighted by atomic mass is 16.2. The minimum absolute atomic E-state index is 0.0271. The number of amides is 2. The Morgan fingerprint density at radius 1 is 1.28 bits per heavy atom. The number of rotatable bonds is 6. The zero-order valence-corrected chi connectivity index (χ0v) is 15.8. The number of piperidine rings is 1. The molecule has 1 aromatic rings. The van der Waals surface area contributed by atoms with E-state index in [4.69, 9.17) is 0 Å². The van der Waals surface area contributed by atoms with E-state index in [9.17, 15) is 4.79 Å². The second kappa shape index (κ2) is 8.70. The van der Waals surface area contributed by atoms with Crippen molar-refractivity contribution in [2.24, 2.45) is 5.92 Å². The van der Waals surface area contributed by atoms with Crippen molar-refractivity contribution in [2.45, 2.75) is 58.9 Å². The number of anilines is 1. The van der Waals surface area contributed by atoms with Gasteiger partial charge in [0.05, 0.1) is 17.6 Å². The molecular weight excluding hydrogens is 314 g/mol. The van der Waals surface area contributed by atoms with Crippen molar-refractivity contribution in [1.29, 1.82) is 0 Å². The first-order valence-electron chi connectivity index (χ1n) is 9.98. The molecule has 0 aliphatic carbocycles. The second-order valence-electron chi connectivity index (χ2n) is 7.61. The van der Waals surface area contributed by atoms with Gasteiger partial charge < -0.3 is 15.1 Å². The van der Waals surface area contributed by atoms with Crippen LogP contribution in [0.1, 0.15) is 51.1 Å². The molecule has 1 unspecified atom stereocenters. The number of carbonyl (C=O) groups excluding carboxylic acids is 1. The van der Waals surface area contributed by atoms with Crippen LogP contribution in [0.2, 0.25) is 0 Å². The average Bonchev–Trinajstić information content (AvgIpc) is 3.22. The van der Waals surface area contributed by atoms with Crippen LogP contribution in [-0.2, 0) is 6.54 Å². The highest BCUT2D eigenvalue weighted by molar-refractivity contribution is 5.89. The van der Waals surface area contributed by atoms with Crippen LogP contribution < -0.4 is 5.32 Å². The third-order valence-corrected chi connectivity index (χ3v) is 5.61. The number of aryl methyl sites for hydroxylation is 1. The van der Waals surface area contributed by atoms with Crippen molar-refractivity contribution in [1.82, 2.24) is 19.6 Å². The molecule has 2 saturated heterocycles. The molecule has 2 aliphatic rings. The molecule has 0 bridgehead atoms. The first-order chi connectivity index (χ1) is 12.2. The predicted octanol–water partition coefficient (Wildman–Crippen LogP) is 3.33. The van der Waals surface area contributed by atoms with Gasteiger partial charge in [-0.15, -0.1) is 0 Å². The average molecular weight is 348 g/mol. The fourth-order valence-electron chi connectivity index (χ4n) is 3.97. The van der Waals surface area contributed by atoms with Crippen molar-refractivity contribution >= 4 is 11.7 Å². The number of aromatic nitrogens is 2. The molecule has 0 aromatic carbocycles. The Hall–Kier alpha value is -1.56. The smallest absolute Gasteiger partial charge is 0.321 e. The molecule has 1 N–H and O–H groups in total. The van der Waals surface area contributed by atoms with Crippen LogP contribution in [-0.4, -0.2) is 58.3 Å². The minimum Gasteiger partial charge on any atom is -0.324 e. The molecule has 2 fully saturated rings. The highest BCUT2D eigenvalue weighted by Gasteiger charge is 2.28. The van der Waals surface area contributed by atoms with Gasteiger partial charge in [0.25, 0.3) is 0 Å². The van der Waals surface area contributed by atoms with Crippen LogP contribution in [0.3, 0.4) is 0 Å². The third kappa shape index (κ3) is 4.75. The molecule has 0 radical (unpaired) electrons. The van der Waals surface area contributed by atoms with E-state index in [1.165, 1.54) is 32.4 Å². The maximum Gasteiger partial charge on any atom is 0.321 e. The second-order valence-corrected chi connectivity index (χ2v) is 7.61. The Morgan fingerprint density at radius 2 is 2.08 bits per heavy atom. The molecule has 1 atom stereocenters. The lowest BCUT2D eigenvalue weighted by molar-refractivity contribution is 0.192. The Bertz CT molecular complexity index is 564. The molecule has 6 nitrogen and oxygen atoms in total. The number of nitrogens with one attached hydrogen (secondary N) is 1. The van der Waals surface area contributed by atoms with Crippen LogP contribution in [0.25, 0.3) is 0 Å². The van der Waals surface area contributed by atoms with Crippen LogP contribution in [0.15, 0.2) is 6.20 Å². The number of hydrogen-bond acceptors (Lipinski definition) is 3. The summed E-state index contributed by atoms with van der Waals surface area (Å²) in [5.74, 6) is 0.622. The topological polar surface area (TPSA) is 53.4 Å². The van der Waals surface area contributed by atoms with Crippen molar-refractivity contribution < 1.29 is 4.79 Å². The van der Waals surface area contributed by atoms with Crippen molar-refractivity contribution in [3.63, 3.8) is 0 Å². The van der Waals surface area contributed by atoms with Gasteiger partial charge in [0.15, 0.2) is 0 Å². The maximum absolute atomic E-state index is 12.6. The van der Waals surface area contributed by atoms with Gasteiger partial charge in [0, 0.05) is 26.2 Å². The summed E-state index contributed by atoms with van der Waals surface area (Å²) < 4.78 is 1.99. The summed E-state index contributed by atoms with van der Waals surface area (Å²) in [6.45, 7) is 10.5. The maximum atomic E-state index is 12.6. The molecule has 25 heavy (non-hydrogen) atoms. The molecule has 0 spiro atoms. The number of hydrogen-bond donors (Lipinski definition) is 1. The van der Waals surface area contributed by atoms with Gasteiger partial charge in [-0.1, -0.05) is 19.8 Å². The molecule has 2 amide bonds. The van der Waals surface area contributed by atoms with Gasteiger partial charge in [-0.2, -0.15) is 5.10 Å². The largest absolute Gasteiger partial charge is 0.324 e. The monoisotopic (exact) mass is 347 g/mol. The van der Waals surface area contributed by atoms with E-state index in [2.05, 4.69) is 22.2 Å². The normalized spacial score (nSPS) is 21.7. The van der Waals surface area contributed by atoms with E-state index >= 15 is 0 Å². The fraction of sp³-hybridized carbons (Fsp3) is 0.789. The summed E-state index contributed by atoms with van der Waals surface area (Å²) in [5.41, 5.74) is 1.89. The Kier molecular flexibility index (Phi) is 6.34. The van der Waals surface area contributed by atoms with Crippen LogP contribution in [0.5, 0.6) is 0 Å². The molecule has 2 aliphatic heterocycles. The molecule has 6 heteroatoms. The standard InChI is InChI=1S/C19H33N5O/c1-3-4-11-24-16(2)18(13-20-24)21-19(25)23-12-8-17(15-23)14-22-9-6-5-7-10-22/h13,17H,3-12,14-15H2,1-2H3,(H,21,25). The number of likely N-dealkylation sites (tertiary alicyclic amines) is 2. The first kappa shape index (κ1) is 18.2. The lowest BCUT2D eigenvalue weighted by Crippen LogP contribution is -2.37. The van der Waals surface area contributed by atoms with Gasteiger partial charge in [-0.25, -0.2) is 4.79 Å². The van der Waals surface area contributed by atoms with E-state index < -0.39 is 0 Å². The molecule has 0 saturated carbocycles. The Morgan fingerprint density at radius 3 is 2.84 bits per heavy atom. The molecule has 3 heterocycles. The van der Waals surface area contributed by atoms with E-state index in [0.29, 0.717) is 5.92 Å². The summed E-state index contributed by atoms with van der Waals surface area (Å²) in [7, 11) is 0. The fourth-order valence-corrected chi connectivity index (χ4v) is 3.97. The molecular formula is C19H33N5O. The number of unbranched alkanes of at least 4 members (excludes halogenated alkanes) is 1.